The first-order valence-electron chi connectivity index (χ1n) is 5.66. The molecule has 0 unspecified atom stereocenters. The highest BCUT2D eigenvalue weighted by atomic mass is 35.5. The number of nitrogens with zero attached hydrogens (tertiary/aromatic N) is 1. The fraction of sp³-hybridized carbons (Fsp3) is 0.417. The third-order valence-electron chi connectivity index (χ3n) is 2.64. The maximum absolute atomic E-state index is 12.4. The molecule has 0 aromatic heterocycles. The van der Waals surface area contributed by atoms with E-state index < -0.39 is 16.0 Å². The average molecular weight is 306 g/mol. The van der Waals surface area contributed by atoms with E-state index in [1.807, 2.05) is 0 Å². The number of methoxy groups -OCH3 is 1. The van der Waals surface area contributed by atoms with Crippen LogP contribution in [0.4, 0.5) is 0 Å². The molecule has 0 fully saturated rings. The van der Waals surface area contributed by atoms with E-state index in [1.165, 1.54) is 19.2 Å². The Morgan fingerprint density at radius 2 is 2.05 bits per heavy atom. The first-order chi connectivity index (χ1) is 8.82. The number of benzene rings is 1. The molecule has 1 aromatic carbocycles. The molecule has 0 heterocycles. The number of likely N-dealkylation sites (N-methyl/N-ethyl adjacent to an activating group) is 1. The van der Waals surface area contributed by atoms with Gasteiger partial charge in [0.1, 0.15) is 6.54 Å². The van der Waals surface area contributed by atoms with Crippen molar-refractivity contribution >= 4 is 27.6 Å². The van der Waals surface area contributed by atoms with E-state index in [0.29, 0.717) is 10.6 Å². The van der Waals surface area contributed by atoms with E-state index in [0.717, 1.165) is 4.31 Å². The molecule has 0 saturated heterocycles. The highest BCUT2D eigenvalue weighted by Crippen LogP contribution is 2.22. The smallest absolute Gasteiger partial charge is 0.321 e. The second kappa shape index (κ2) is 6.36. The minimum atomic E-state index is -3.73. The van der Waals surface area contributed by atoms with Gasteiger partial charge >= 0.3 is 5.97 Å². The van der Waals surface area contributed by atoms with Crippen molar-refractivity contribution in [1.82, 2.24) is 4.31 Å². The summed E-state index contributed by atoms with van der Waals surface area (Å²) in [6.45, 7) is 3.19. The lowest BCUT2D eigenvalue weighted by Gasteiger charge is -2.20. The molecule has 19 heavy (non-hydrogen) atoms. The lowest BCUT2D eigenvalue weighted by Crippen LogP contribution is -2.36. The lowest BCUT2D eigenvalue weighted by atomic mass is 10.2. The topological polar surface area (TPSA) is 63.7 Å². The van der Waals surface area contributed by atoms with Crippen LogP contribution in [0.2, 0.25) is 5.02 Å². The number of ether oxygens (including phenoxy) is 1. The standard InChI is InChI=1S/C12H16ClNO4S/c1-4-14(8-12(15)18-3)19(16,17)11-6-5-10(13)7-9(11)2/h5-7H,4,8H2,1-3H3. The van der Waals surface area contributed by atoms with Crippen LogP contribution in [-0.2, 0) is 19.6 Å². The maximum Gasteiger partial charge on any atom is 0.321 e. The Morgan fingerprint density at radius 1 is 1.42 bits per heavy atom. The van der Waals surface area contributed by atoms with Crippen LogP contribution >= 0.6 is 11.6 Å². The number of carbonyl (C=O) groups is 1. The predicted molar refractivity (Wildman–Crippen MR) is 72.6 cm³/mol. The molecule has 7 heteroatoms. The summed E-state index contributed by atoms with van der Waals surface area (Å²) in [5, 5.41) is 0.465. The van der Waals surface area contributed by atoms with Crippen molar-refractivity contribution in [1.29, 1.82) is 0 Å². The largest absolute Gasteiger partial charge is 0.468 e. The first-order valence-corrected chi connectivity index (χ1v) is 7.47. The number of hydrogen-bond donors (Lipinski definition) is 0. The van der Waals surface area contributed by atoms with Gasteiger partial charge in [0.2, 0.25) is 10.0 Å². The van der Waals surface area contributed by atoms with Crippen LogP contribution < -0.4 is 0 Å². The Kier molecular flexibility index (Phi) is 5.34. The van der Waals surface area contributed by atoms with Crippen molar-refractivity contribution in [2.75, 3.05) is 20.2 Å². The molecule has 0 saturated carbocycles. The quantitative estimate of drug-likeness (QED) is 0.779. The van der Waals surface area contributed by atoms with Gasteiger partial charge in [-0.25, -0.2) is 8.42 Å². The van der Waals surface area contributed by atoms with Crippen molar-refractivity contribution in [3.8, 4) is 0 Å². The van der Waals surface area contributed by atoms with E-state index >= 15 is 0 Å². The van der Waals surface area contributed by atoms with E-state index in [4.69, 9.17) is 11.6 Å². The zero-order valence-electron chi connectivity index (χ0n) is 11.0. The van der Waals surface area contributed by atoms with Crippen LogP contribution in [0, 0.1) is 6.92 Å². The summed E-state index contributed by atoms with van der Waals surface area (Å²) in [6.07, 6.45) is 0. The highest BCUT2D eigenvalue weighted by Gasteiger charge is 2.26. The SMILES string of the molecule is CCN(CC(=O)OC)S(=O)(=O)c1ccc(Cl)cc1C. The van der Waals surface area contributed by atoms with E-state index in [-0.39, 0.29) is 18.0 Å². The Balaban J connectivity index is 3.17. The van der Waals surface area contributed by atoms with E-state index in [1.54, 1.807) is 19.9 Å². The van der Waals surface area contributed by atoms with Gasteiger partial charge in [-0.1, -0.05) is 18.5 Å². The number of halogens is 1. The number of aryl methyl sites for hydroxylation is 1. The van der Waals surface area contributed by atoms with Gasteiger partial charge in [0, 0.05) is 11.6 Å². The predicted octanol–water partition coefficient (Wildman–Crippen LogP) is 1.83. The molecule has 0 atom stereocenters. The summed E-state index contributed by atoms with van der Waals surface area (Å²) < 4.78 is 30.4. The van der Waals surface area contributed by atoms with Crippen LogP contribution in [0.25, 0.3) is 0 Å². The zero-order chi connectivity index (χ0) is 14.6. The van der Waals surface area contributed by atoms with Crippen LogP contribution in [0.5, 0.6) is 0 Å². The number of esters is 1. The van der Waals surface area contributed by atoms with Gasteiger partial charge in [-0.05, 0) is 30.7 Å². The monoisotopic (exact) mass is 305 g/mol. The van der Waals surface area contributed by atoms with Crippen molar-refractivity contribution < 1.29 is 17.9 Å². The summed E-state index contributed by atoms with van der Waals surface area (Å²) >= 11 is 5.80. The molecule has 0 spiro atoms. The Labute approximate surface area is 118 Å². The number of sulfonamides is 1. The van der Waals surface area contributed by atoms with Crippen molar-refractivity contribution in [2.45, 2.75) is 18.7 Å². The van der Waals surface area contributed by atoms with Crippen molar-refractivity contribution in [3.05, 3.63) is 28.8 Å². The van der Waals surface area contributed by atoms with Gasteiger partial charge in [0.25, 0.3) is 0 Å². The highest BCUT2D eigenvalue weighted by molar-refractivity contribution is 7.89. The molecule has 0 radical (unpaired) electrons. The molecular weight excluding hydrogens is 290 g/mol. The van der Waals surface area contributed by atoms with Crippen molar-refractivity contribution in [2.24, 2.45) is 0 Å². The van der Waals surface area contributed by atoms with Gasteiger partial charge in [-0.3, -0.25) is 4.79 Å². The zero-order valence-corrected chi connectivity index (χ0v) is 12.6. The van der Waals surface area contributed by atoms with Gasteiger partial charge < -0.3 is 4.74 Å². The Morgan fingerprint density at radius 3 is 2.53 bits per heavy atom. The third kappa shape index (κ3) is 3.68. The van der Waals surface area contributed by atoms with Crippen LogP contribution in [0.3, 0.4) is 0 Å². The lowest BCUT2D eigenvalue weighted by molar-refractivity contribution is -0.140. The molecule has 0 aliphatic carbocycles. The molecule has 0 aliphatic heterocycles. The number of carbonyl (C=O) groups excluding carboxylic acids is 1. The summed E-state index contributed by atoms with van der Waals surface area (Å²) in [5.41, 5.74) is 0.538. The van der Waals surface area contributed by atoms with Crippen LogP contribution in [0.1, 0.15) is 12.5 Å². The van der Waals surface area contributed by atoms with Crippen LogP contribution in [0.15, 0.2) is 23.1 Å². The average Bonchev–Trinajstić information content (AvgIpc) is 2.34. The van der Waals surface area contributed by atoms with Crippen LogP contribution in [-0.4, -0.2) is 38.9 Å². The van der Waals surface area contributed by atoms with Gasteiger partial charge in [-0.15, -0.1) is 0 Å². The number of hydrogen-bond acceptors (Lipinski definition) is 4. The summed E-state index contributed by atoms with van der Waals surface area (Å²) in [7, 11) is -2.51. The van der Waals surface area contributed by atoms with E-state index in [2.05, 4.69) is 4.74 Å². The second-order valence-corrected chi connectivity index (χ2v) is 6.26. The van der Waals surface area contributed by atoms with Crippen molar-refractivity contribution in [3.63, 3.8) is 0 Å². The van der Waals surface area contributed by atoms with Gasteiger partial charge in [0.05, 0.1) is 12.0 Å². The second-order valence-electron chi connectivity index (χ2n) is 3.92. The molecule has 5 nitrogen and oxygen atoms in total. The fourth-order valence-electron chi connectivity index (χ4n) is 1.62. The maximum atomic E-state index is 12.4. The first kappa shape index (κ1) is 15.9. The Hall–Kier alpha value is -1.11. The normalized spacial score (nSPS) is 11.6. The summed E-state index contributed by atoms with van der Waals surface area (Å²) in [5.74, 6) is -0.600. The molecule has 1 rings (SSSR count). The minimum Gasteiger partial charge on any atom is -0.468 e. The van der Waals surface area contributed by atoms with E-state index in [9.17, 15) is 13.2 Å². The summed E-state index contributed by atoms with van der Waals surface area (Å²) in [4.78, 5) is 11.4. The Bertz CT molecular complexity index is 571. The van der Waals surface area contributed by atoms with Gasteiger partial charge in [0.15, 0.2) is 0 Å². The molecule has 106 valence electrons. The number of rotatable bonds is 5. The molecule has 1 aromatic rings. The fourth-order valence-corrected chi connectivity index (χ4v) is 3.44. The molecule has 0 bridgehead atoms. The third-order valence-corrected chi connectivity index (χ3v) is 4.96. The molecule has 0 N–H and O–H groups in total. The molecule has 0 amide bonds. The summed E-state index contributed by atoms with van der Waals surface area (Å²) in [6, 6.07) is 4.51. The van der Waals surface area contributed by atoms with Gasteiger partial charge in [-0.2, -0.15) is 4.31 Å². The minimum absolute atomic E-state index is 0.141. The molecular formula is C12H16ClNO4S. The molecule has 0 aliphatic rings.